The van der Waals surface area contributed by atoms with E-state index >= 15 is 0 Å². The lowest BCUT2D eigenvalue weighted by molar-refractivity contribution is -0.870. The van der Waals surface area contributed by atoms with E-state index in [1.165, 1.54) is 25.7 Å². The van der Waals surface area contributed by atoms with Crippen LogP contribution in [0.5, 0.6) is 0 Å². The standard InChI is InChI=1S/C35H63N2O6P/c1-6-8-10-12-14-15-16-17-18-19-20-21-23-25-27-29-35(39)36-33(34(38)28-26-24-22-13-11-9-7-2)32-43-44(40,41)42-31-30-37(3,4)5/h8,10,14-15,17-18,20-21,25,27,33-34,38H,6-7,9,11-13,16,19,22-24,26,28-32H2,1-5H3,(H-,36,39,40,41)/b10-8-,15-14-,18-17-,21-20-,27-25-. The van der Waals surface area contributed by atoms with Gasteiger partial charge in [-0.2, -0.15) is 0 Å². The first-order valence-corrected chi connectivity index (χ1v) is 18.1. The maximum atomic E-state index is 12.6. The Bertz CT molecular complexity index is 907. The topological polar surface area (TPSA) is 108 Å². The molecule has 1 amide bonds. The van der Waals surface area contributed by atoms with Crippen molar-refractivity contribution in [3.05, 3.63) is 60.8 Å². The minimum atomic E-state index is -4.57. The van der Waals surface area contributed by atoms with Gasteiger partial charge in [0.15, 0.2) is 0 Å². The summed E-state index contributed by atoms with van der Waals surface area (Å²) in [6, 6.07) is -0.852. The van der Waals surface area contributed by atoms with Crippen molar-refractivity contribution in [3.63, 3.8) is 0 Å². The maximum Gasteiger partial charge on any atom is 0.268 e. The van der Waals surface area contributed by atoms with Gasteiger partial charge in [-0.1, -0.05) is 120 Å². The van der Waals surface area contributed by atoms with E-state index in [2.05, 4.69) is 67.8 Å². The zero-order chi connectivity index (χ0) is 32.9. The minimum Gasteiger partial charge on any atom is -0.756 e. The molecule has 3 atom stereocenters. The molecule has 2 N–H and O–H groups in total. The fraction of sp³-hybridized carbons (Fsp3) is 0.686. The maximum absolute atomic E-state index is 12.6. The third-order valence-electron chi connectivity index (χ3n) is 6.80. The molecule has 9 heteroatoms. The lowest BCUT2D eigenvalue weighted by atomic mass is 10.0. The number of nitrogens with one attached hydrogen (secondary N) is 1. The summed E-state index contributed by atoms with van der Waals surface area (Å²) >= 11 is 0. The Morgan fingerprint density at radius 2 is 1.30 bits per heavy atom. The van der Waals surface area contributed by atoms with Gasteiger partial charge in [0.05, 0.1) is 39.9 Å². The van der Waals surface area contributed by atoms with Crippen LogP contribution in [0.3, 0.4) is 0 Å². The van der Waals surface area contributed by atoms with Crippen LogP contribution in [0.4, 0.5) is 0 Å². The molecule has 254 valence electrons. The van der Waals surface area contributed by atoms with Crippen LogP contribution in [0.2, 0.25) is 0 Å². The first-order valence-electron chi connectivity index (χ1n) is 16.6. The Morgan fingerprint density at radius 1 is 0.795 bits per heavy atom. The lowest BCUT2D eigenvalue weighted by Gasteiger charge is -2.30. The summed E-state index contributed by atoms with van der Waals surface area (Å²) in [6.45, 7) is 4.42. The van der Waals surface area contributed by atoms with Crippen LogP contribution in [-0.4, -0.2) is 68.5 Å². The molecule has 0 saturated heterocycles. The highest BCUT2D eigenvalue weighted by atomic mass is 31.2. The zero-order valence-electron chi connectivity index (χ0n) is 28.3. The molecular weight excluding hydrogens is 575 g/mol. The summed E-state index contributed by atoms with van der Waals surface area (Å²) < 4.78 is 22.9. The molecular formula is C35H63N2O6P. The number of aliphatic hydroxyl groups is 1. The van der Waals surface area contributed by atoms with Gasteiger partial charge in [0.1, 0.15) is 13.2 Å². The highest BCUT2D eigenvalue weighted by Gasteiger charge is 2.24. The van der Waals surface area contributed by atoms with E-state index in [0.29, 0.717) is 23.9 Å². The number of allylic oxidation sites excluding steroid dienone is 9. The van der Waals surface area contributed by atoms with Gasteiger partial charge < -0.3 is 28.8 Å². The van der Waals surface area contributed by atoms with E-state index in [9.17, 15) is 19.4 Å². The van der Waals surface area contributed by atoms with Crippen molar-refractivity contribution < 1.29 is 32.9 Å². The number of likely N-dealkylation sites (N-methyl/N-ethyl adjacent to an activating group) is 1. The van der Waals surface area contributed by atoms with E-state index in [1.54, 1.807) is 6.08 Å². The predicted octanol–water partition coefficient (Wildman–Crippen LogP) is 7.32. The van der Waals surface area contributed by atoms with Gasteiger partial charge in [0.2, 0.25) is 5.91 Å². The summed E-state index contributed by atoms with van der Waals surface area (Å²) in [4.78, 5) is 24.9. The van der Waals surface area contributed by atoms with Crippen molar-refractivity contribution in [1.29, 1.82) is 0 Å². The molecule has 0 bridgehead atoms. The largest absolute Gasteiger partial charge is 0.756 e. The molecule has 44 heavy (non-hydrogen) atoms. The number of quaternary nitrogens is 1. The number of hydrogen-bond donors (Lipinski definition) is 2. The molecule has 0 aliphatic rings. The smallest absolute Gasteiger partial charge is 0.268 e. The molecule has 0 rings (SSSR count). The van der Waals surface area contributed by atoms with Crippen LogP contribution >= 0.6 is 7.82 Å². The number of nitrogens with zero attached hydrogens (tertiary/aromatic N) is 1. The number of aliphatic hydroxyl groups excluding tert-OH is 1. The molecule has 0 spiro atoms. The van der Waals surface area contributed by atoms with E-state index in [-0.39, 0.29) is 25.5 Å². The quantitative estimate of drug-likeness (QED) is 0.0402. The van der Waals surface area contributed by atoms with Gasteiger partial charge in [-0.05, 0) is 38.5 Å². The Hall–Kier alpha value is -1.80. The van der Waals surface area contributed by atoms with Crippen molar-refractivity contribution in [2.24, 2.45) is 0 Å². The monoisotopic (exact) mass is 638 g/mol. The van der Waals surface area contributed by atoms with Crippen molar-refractivity contribution in [2.45, 2.75) is 116 Å². The Balaban J connectivity index is 4.67. The number of carbonyl (C=O) groups excluding carboxylic acids is 1. The molecule has 0 saturated carbocycles. The van der Waals surface area contributed by atoms with Gasteiger partial charge in [0, 0.05) is 6.42 Å². The van der Waals surface area contributed by atoms with Gasteiger partial charge in [-0.25, -0.2) is 0 Å². The third kappa shape index (κ3) is 28.9. The molecule has 0 aliphatic carbocycles. The first kappa shape index (κ1) is 42.2. The molecule has 0 aromatic heterocycles. The second-order valence-electron chi connectivity index (χ2n) is 12.2. The Morgan fingerprint density at radius 3 is 1.82 bits per heavy atom. The summed E-state index contributed by atoms with van der Waals surface area (Å²) in [7, 11) is 1.23. The van der Waals surface area contributed by atoms with Crippen LogP contribution in [0.15, 0.2) is 60.8 Å². The van der Waals surface area contributed by atoms with Gasteiger partial charge in [-0.15, -0.1) is 0 Å². The summed E-state index contributed by atoms with van der Waals surface area (Å²) in [6.07, 6.45) is 32.7. The van der Waals surface area contributed by atoms with Crippen molar-refractivity contribution >= 4 is 13.7 Å². The lowest BCUT2D eigenvalue weighted by Crippen LogP contribution is -2.46. The zero-order valence-corrected chi connectivity index (χ0v) is 29.2. The molecule has 0 heterocycles. The second-order valence-corrected chi connectivity index (χ2v) is 13.6. The molecule has 0 aromatic rings. The average Bonchev–Trinajstić information content (AvgIpc) is 2.95. The number of phosphoric ester groups is 1. The van der Waals surface area contributed by atoms with Crippen LogP contribution < -0.4 is 10.2 Å². The van der Waals surface area contributed by atoms with Crippen molar-refractivity contribution in [3.8, 4) is 0 Å². The first-order chi connectivity index (χ1) is 21.0. The molecule has 0 radical (unpaired) electrons. The Labute approximate surface area is 269 Å². The third-order valence-corrected chi connectivity index (χ3v) is 7.76. The molecule has 0 aromatic carbocycles. The van der Waals surface area contributed by atoms with E-state index < -0.39 is 20.0 Å². The number of hydrogen-bond acceptors (Lipinski definition) is 6. The van der Waals surface area contributed by atoms with Crippen molar-refractivity contribution in [1.82, 2.24) is 5.32 Å². The van der Waals surface area contributed by atoms with Crippen LogP contribution in [0, 0.1) is 0 Å². The van der Waals surface area contributed by atoms with E-state index in [0.717, 1.165) is 44.9 Å². The minimum absolute atomic E-state index is 0.00798. The number of rotatable bonds is 28. The molecule has 0 aliphatic heterocycles. The normalized spacial score (nSPS) is 15.7. The fourth-order valence-corrected chi connectivity index (χ4v) is 4.83. The molecule has 8 nitrogen and oxygen atoms in total. The van der Waals surface area contributed by atoms with Crippen molar-refractivity contribution in [2.75, 3.05) is 40.9 Å². The Kier molecular flexibility index (Phi) is 26.4. The second kappa shape index (κ2) is 27.5. The molecule has 3 unspecified atom stereocenters. The number of carbonyl (C=O) groups is 1. The van der Waals surface area contributed by atoms with E-state index in [1.807, 2.05) is 27.2 Å². The summed E-state index contributed by atoms with van der Waals surface area (Å²) in [5, 5.41) is 13.6. The van der Waals surface area contributed by atoms with Gasteiger partial charge in [-0.3, -0.25) is 9.36 Å². The fourth-order valence-electron chi connectivity index (χ4n) is 4.10. The summed E-state index contributed by atoms with van der Waals surface area (Å²) in [5.41, 5.74) is 0. The highest BCUT2D eigenvalue weighted by Crippen LogP contribution is 2.38. The SMILES string of the molecule is CC/C=C\C/C=C\C/C=C\C/C=C\C/C=C\CC(=O)NC(COP(=O)([O-])OCC[N+](C)(C)C)C(O)CCCCCCCCC. The van der Waals surface area contributed by atoms with Crippen LogP contribution in [0.25, 0.3) is 0 Å². The van der Waals surface area contributed by atoms with Gasteiger partial charge >= 0.3 is 0 Å². The average molecular weight is 639 g/mol. The van der Waals surface area contributed by atoms with Gasteiger partial charge in [0.25, 0.3) is 7.82 Å². The number of phosphoric acid groups is 1. The number of amides is 1. The predicted molar refractivity (Wildman–Crippen MR) is 182 cm³/mol. The highest BCUT2D eigenvalue weighted by molar-refractivity contribution is 7.45. The summed E-state index contributed by atoms with van der Waals surface area (Å²) in [5.74, 6) is -0.301. The number of unbranched alkanes of at least 4 members (excludes halogenated alkanes) is 6. The van der Waals surface area contributed by atoms with E-state index in [4.69, 9.17) is 9.05 Å². The molecule has 0 fully saturated rings. The van der Waals surface area contributed by atoms with Crippen LogP contribution in [0.1, 0.15) is 104 Å². The van der Waals surface area contributed by atoms with Crippen LogP contribution in [-0.2, 0) is 18.4 Å².